The molecule has 0 atom stereocenters. The zero-order chi connectivity index (χ0) is 14.5. The Morgan fingerprint density at radius 1 is 1.15 bits per heavy atom. The molecule has 0 heterocycles. The number of carbonyl (C=O) groups is 1. The first-order chi connectivity index (χ1) is 9.60. The molecular weight excluding hydrogens is 388 g/mol. The monoisotopic (exact) mass is 398 g/mol. The number of methoxy groups -OCH3 is 1. The van der Waals surface area contributed by atoms with Crippen molar-refractivity contribution < 1.29 is 14.3 Å². The molecule has 0 unspecified atom stereocenters. The van der Waals surface area contributed by atoms with Gasteiger partial charge >= 0.3 is 5.97 Å². The van der Waals surface area contributed by atoms with Gasteiger partial charge in [-0.3, -0.25) is 0 Å². The van der Waals surface area contributed by atoms with Crippen molar-refractivity contribution in [2.24, 2.45) is 0 Å². The minimum absolute atomic E-state index is 0.238. The van der Waals surface area contributed by atoms with Gasteiger partial charge in [-0.05, 0) is 51.8 Å². The third-order valence-electron chi connectivity index (χ3n) is 2.65. The Hall–Kier alpha value is -1.33. The third kappa shape index (κ3) is 3.84. The van der Waals surface area contributed by atoms with Crippen LogP contribution in [-0.4, -0.2) is 13.1 Å². The van der Waals surface area contributed by atoms with Gasteiger partial charge in [0.05, 0.1) is 17.1 Å². The lowest BCUT2D eigenvalue weighted by molar-refractivity contribution is 0.0472. The zero-order valence-corrected chi connectivity index (χ0v) is 13.9. The van der Waals surface area contributed by atoms with E-state index in [9.17, 15) is 4.79 Å². The molecule has 104 valence electrons. The predicted molar refractivity (Wildman–Crippen MR) is 84.0 cm³/mol. The van der Waals surface area contributed by atoms with Crippen molar-refractivity contribution in [1.29, 1.82) is 0 Å². The largest absolute Gasteiger partial charge is 0.496 e. The molecule has 0 saturated heterocycles. The van der Waals surface area contributed by atoms with Gasteiger partial charge in [-0.2, -0.15) is 0 Å². The summed E-state index contributed by atoms with van der Waals surface area (Å²) in [5.74, 6) is 0.307. The van der Waals surface area contributed by atoms with Crippen LogP contribution in [0.15, 0.2) is 51.4 Å². The Bertz CT molecular complexity index is 626. The van der Waals surface area contributed by atoms with Crippen LogP contribution in [-0.2, 0) is 11.3 Å². The van der Waals surface area contributed by atoms with E-state index in [1.807, 2.05) is 24.3 Å². The summed E-state index contributed by atoms with van der Waals surface area (Å²) >= 11 is 6.72. The average Bonchev–Trinajstić information content (AvgIpc) is 2.44. The molecular formula is C15H12Br2O3. The Morgan fingerprint density at radius 2 is 1.95 bits per heavy atom. The number of halogens is 2. The SMILES string of the molecule is COc1ccc(C(=O)OCc2cccc(Br)c2)cc1Br. The van der Waals surface area contributed by atoms with Crippen LogP contribution in [0.25, 0.3) is 0 Å². The molecule has 0 spiro atoms. The maximum Gasteiger partial charge on any atom is 0.338 e. The summed E-state index contributed by atoms with van der Waals surface area (Å²) in [6.45, 7) is 0.238. The van der Waals surface area contributed by atoms with Crippen molar-refractivity contribution in [2.45, 2.75) is 6.61 Å². The van der Waals surface area contributed by atoms with E-state index >= 15 is 0 Å². The van der Waals surface area contributed by atoms with E-state index in [1.165, 1.54) is 0 Å². The standard InChI is InChI=1S/C15H12Br2O3/c1-19-14-6-5-11(8-13(14)17)15(18)20-9-10-3-2-4-12(16)7-10/h2-8H,9H2,1H3. The number of carbonyl (C=O) groups excluding carboxylic acids is 1. The van der Waals surface area contributed by atoms with Gasteiger partial charge in [0, 0.05) is 4.47 Å². The average molecular weight is 400 g/mol. The molecule has 0 aliphatic carbocycles. The summed E-state index contributed by atoms with van der Waals surface area (Å²) in [5.41, 5.74) is 1.41. The van der Waals surface area contributed by atoms with Gasteiger partial charge in [-0.15, -0.1) is 0 Å². The molecule has 0 bridgehead atoms. The molecule has 0 amide bonds. The molecule has 5 heteroatoms. The molecule has 0 aromatic heterocycles. The molecule has 3 nitrogen and oxygen atoms in total. The van der Waals surface area contributed by atoms with Crippen molar-refractivity contribution in [3.63, 3.8) is 0 Å². The molecule has 2 aromatic carbocycles. The fraction of sp³-hybridized carbons (Fsp3) is 0.133. The Labute approximate surface area is 134 Å². The van der Waals surface area contributed by atoms with Gasteiger partial charge in [0.15, 0.2) is 0 Å². The van der Waals surface area contributed by atoms with Gasteiger partial charge in [0.2, 0.25) is 0 Å². The summed E-state index contributed by atoms with van der Waals surface area (Å²) in [4.78, 5) is 12.0. The maximum atomic E-state index is 12.0. The number of ether oxygens (including phenoxy) is 2. The zero-order valence-electron chi connectivity index (χ0n) is 10.7. The highest BCUT2D eigenvalue weighted by atomic mass is 79.9. The molecule has 2 rings (SSSR count). The van der Waals surface area contributed by atoms with Crippen LogP contribution in [0.1, 0.15) is 15.9 Å². The normalized spacial score (nSPS) is 10.2. The molecule has 0 aliphatic heterocycles. The lowest BCUT2D eigenvalue weighted by atomic mass is 10.2. The van der Waals surface area contributed by atoms with Gasteiger partial charge in [0.25, 0.3) is 0 Å². The van der Waals surface area contributed by atoms with E-state index in [-0.39, 0.29) is 12.6 Å². The second kappa shape index (κ2) is 6.90. The summed E-state index contributed by atoms with van der Waals surface area (Å²) < 4.78 is 12.1. The van der Waals surface area contributed by atoms with Gasteiger partial charge < -0.3 is 9.47 Å². The quantitative estimate of drug-likeness (QED) is 0.706. The summed E-state index contributed by atoms with van der Waals surface area (Å²) in [7, 11) is 1.57. The second-order valence-electron chi connectivity index (χ2n) is 4.06. The van der Waals surface area contributed by atoms with Gasteiger partial charge in [-0.25, -0.2) is 4.79 Å². The van der Waals surface area contributed by atoms with Crippen molar-refractivity contribution >= 4 is 37.8 Å². The number of hydrogen-bond acceptors (Lipinski definition) is 3. The highest BCUT2D eigenvalue weighted by Gasteiger charge is 2.10. The lowest BCUT2D eigenvalue weighted by Gasteiger charge is -2.07. The number of rotatable bonds is 4. The van der Waals surface area contributed by atoms with Crippen LogP contribution in [0, 0.1) is 0 Å². The highest BCUT2D eigenvalue weighted by molar-refractivity contribution is 9.10. The van der Waals surface area contributed by atoms with Crippen LogP contribution < -0.4 is 4.74 Å². The molecule has 0 radical (unpaired) electrons. The van der Waals surface area contributed by atoms with E-state index in [4.69, 9.17) is 9.47 Å². The van der Waals surface area contributed by atoms with Crippen molar-refractivity contribution in [2.75, 3.05) is 7.11 Å². The number of esters is 1. The predicted octanol–water partition coefficient (Wildman–Crippen LogP) is 4.58. The summed E-state index contributed by atoms with van der Waals surface area (Å²) in [6, 6.07) is 12.7. The topological polar surface area (TPSA) is 35.5 Å². The van der Waals surface area contributed by atoms with E-state index in [0.29, 0.717) is 11.3 Å². The van der Waals surface area contributed by atoms with Crippen molar-refractivity contribution in [3.05, 3.63) is 62.5 Å². The Morgan fingerprint density at radius 3 is 2.60 bits per heavy atom. The summed E-state index contributed by atoms with van der Waals surface area (Å²) in [6.07, 6.45) is 0. The fourth-order valence-corrected chi connectivity index (χ4v) is 2.64. The van der Waals surface area contributed by atoms with Crippen LogP contribution in [0.4, 0.5) is 0 Å². The fourth-order valence-electron chi connectivity index (χ4n) is 1.65. The lowest BCUT2D eigenvalue weighted by Crippen LogP contribution is -2.05. The van der Waals surface area contributed by atoms with Crippen LogP contribution in [0.3, 0.4) is 0 Å². The molecule has 20 heavy (non-hydrogen) atoms. The van der Waals surface area contributed by atoms with Crippen molar-refractivity contribution in [3.8, 4) is 5.75 Å². The first kappa shape index (κ1) is 15.1. The van der Waals surface area contributed by atoms with E-state index in [0.717, 1.165) is 14.5 Å². The molecule has 0 fully saturated rings. The van der Waals surface area contributed by atoms with Gasteiger partial charge in [0.1, 0.15) is 12.4 Å². The molecule has 2 aromatic rings. The Kier molecular flexibility index (Phi) is 5.20. The molecule has 0 saturated carbocycles. The van der Waals surface area contributed by atoms with Crippen molar-refractivity contribution in [1.82, 2.24) is 0 Å². The van der Waals surface area contributed by atoms with Gasteiger partial charge in [-0.1, -0.05) is 28.1 Å². The number of benzene rings is 2. The first-order valence-electron chi connectivity index (χ1n) is 5.85. The van der Waals surface area contributed by atoms with Crippen LogP contribution in [0.2, 0.25) is 0 Å². The minimum Gasteiger partial charge on any atom is -0.496 e. The maximum absolute atomic E-state index is 12.0. The smallest absolute Gasteiger partial charge is 0.338 e. The highest BCUT2D eigenvalue weighted by Crippen LogP contribution is 2.26. The first-order valence-corrected chi connectivity index (χ1v) is 7.44. The van der Waals surface area contributed by atoms with E-state index < -0.39 is 0 Å². The molecule has 0 aliphatic rings. The third-order valence-corrected chi connectivity index (χ3v) is 3.76. The van der Waals surface area contributed by atoms with E-state index in [1.54, 1.807) is 25.3 Å². The van der Waals surface area contributed by atoms with Crippen LogP contribution >= 0.6 is 31.9 Å². The summed E-state index contributed by atoms with van der Waals surface area (Å²) in [5, 5.41) is 0. The van der Waals surface area contributed by atoms with E-state index in [2.05, 4.69) is 31.9 Å². The molecule has 0 N–H and O–H groups in total. The number of hydrogen-bond donors (Lipinski definition) is 0. The minimum atomic E-state index is -0.367. The second-order valence-corrected chi connectivity index (χ2v) is 5.83. The Balaban J connectivity index is 2.03. The van der Waals surface area contributed by atoms with Crippen LogP contribution in [0.5, 0.6) is 5.75 Å².